The lowest BCUT2D eigenvalue weighted by Gasteiger charge is -2.56. The summed E-state index contributed by atoms with van der Waals surface area (Å²) >= 11 is 0. The first-order chi connectivity index (χ1) is 15.1. The largest absolute Gasteiger partial charge is 0.436 e. The van der Waals surface area contributed by atoms with Crippen LogP contribution in [0.15, 0.2) is 36.5 Å². The first-order valence-corrected chi connectivity index (χ1v) is 11.9. The van der Waals surface area contributed by atoms with E-state index in [1.165, 1.54) is 18.4 Å². The summed E-state index contributed by atoms with van der Waals surface area (Å²) in [4.78, 5) is 17.9. The van der Waals surface area contributed by atoms with Gasteiger partial charge in [0.2, 0.25) is 0 Å². The van der Waals surface area contributed by atoms with E-state index in [0.29, 0.717) is 5.92 Å². The van der Waals surface area contributed by atoms with E-state index in [1.54, 1.807) is 14.2 Å². The minimum absolute atomic E-state index is 0.0153. The Morgan fingerprint density at radius 3 is 2.81 bits per heavy atom. The zero-order valence-corrected chi connectivity index (χ0v) is 18.9. The van der Waals surface area contributed by atoms with Crippen molar-refractivity contribution in [2.45, 2.75) is 68.9 Å². The van der Waals surface area contributed by atoms with Crippen LogP contribution in [0.25, 0.3) is 0 Å². The molecule has 6 heteroatoms. The summed E-state index contributed by atoms with van der Waals surface area (Å²) in [6.45, 7) is 7.28. The SMILES string of the molecule is C=C[C@H]1C[C@]23CN4CCCC/C=C/CC[C@@]5(C=C(C(OC)OC)[C@@H]2CC4)OC(=O)N1[C@H]35. The first kappa shape index (κ1) is 21.2. The van der Waals surface area contributed by atoms with Crippen molar-refractivity contribution >= 4 is 6.09 Å². The summed E-state index contributed by atoms with van der Waals surface area (Å²) < 4.78 is 17.9. The lowest BCUT2D eigenvalue weighted by atomic mass is 9.55. The van der Waals surface area contributed by atoms with Gasteiger partial charge < -0.3 is 19.1 Å². The number of carbonyl (C=O) groups is 1. The van der Waals surface area contributed by atoms with Gasteiger partial charge in [-0.3, -0.25) is 4.90 Å². The van der Waals surface area contributed by atoms with Crippen LogP contribution in [0.1, 0.15) is 44.9 Å². The lowest BCUT2D eigenvalue weighted by molar-refractivity contribution is -0.110. The third-order valence-electron chi connectivity index (χ3n) is 8.42. The molecule has 1 spiro atoms. The number of carbonyl (C=O) groups excluding carboxylic acids is 1. The van der Waals surface area contributed by atoms with Crippen molar-refractivity contribution in [3.63, 3.8) is 0 Å². The Morgan fingerprint density at radius 1 is 1.23 bits per heavy atom. The highest BCUT2D eigenvalue weighted by Gasteiger charge is 2.72. The number of nitrogens with zero attached hydrogens (tertiary/aromatic N) is 2. The van der Waals surface area contributed by atoms with Crippen molar-refractivity contribution in [1.82, 2.24) is 9.80 Å². The van der Waals surface area contributed by atoms with E-state index in [-0.39, 0.29) is 23.6 Å². The van der Waals surface area contributed by atoms with Crippen LogP contribution < -0.4 is 0 Å². The average molecular weight is 429 g/mol. The number of allylic oxidation sites excluding steroid dienone is 2. The summed E-state index contributed by atoms with van der Waals surface area (Å²) in [7, 11) is 3.41. The Hall–Kier alpha value is -1.63. The normalized spacial score (nSPS) is 42.9. The van der Waals surface area contributed by atoms with Crippen LogP contribution in [-0.2, 0) is 14.2 Å². The van der Waals surface area contributed by atoms with Gasteiger partial charge in [-0.05, 0) is 75.6 Å². The fraction of sp³-hybridized carbons (Fsp3) is 0.720. The number of methoxy groups -OCH3 is 2. The monoisotopic (exact) mass is 428 g/mol. The Labute approximate surface area is 185 Å². The van der Waals surface area contributed by atoms with Gasteiger partial charge in [-0.25, -0.2) is 4.79 Å². The molecule has 170 valence electrons. The molecule has 0 aromatic heterocycles. The molecule has 0 aromatic rings. The van der Waals surface area contributed by atoms with Gasteiger partial charge in [0.1, 0.15) is 0 Å². The number of fused-ring (bicyclic) bond motifs is 1. The lowest BCUT2D eigenvalue weighted by Crippen LogP contribution is -2.63. The minimum atomic E-state index is -0.641. The van der Waals surface area contributed by atoms with Gasteiger partial charge in [-0.15, -0.1) is 6.58 Å². The highest BCUT2D eigenvalue weighted by Crippen LogP contribution is 2.63. The van der Waals surface area contributed by atoms with Crippen LogP contribution in [0, 0.1) is 11.3 Å². The molecule has 1 amide bonds. The van der Waals surface area contributed by atoms with Gasteiger partial charge in [-0.1, -0.05) is 18.2 Å². The average Bonchev–Trinajstić information content (AvgIpc) is 3.26. The van der Waals surface area contributed by atoms with Crippen molar-refractivity contribution in [2.75, 3.05) is 33.9 Å². The predicted molar refractivity (Wildman–Crippen MR) is 119 cm³/mol. The molecule has 4 heterocycles. The van der Waals surface area contributed by atoms with Crippen LogP contribution in [-0.4, -0.2) is 73.7 Å². The molecule has 0 saturated carbocycles. The van der Waals surface area contributed by atoms with Crippen molar-refractivity contribution in [3.05, 3.63) is 36.5 Å². The molecule has 3 saturated heterocycles. The van der Waals surface area contributed by atoms with Gasteiger partial charge in [0, 0.05) is 26.2 Å². The molecule has 1 aliphatic carbocycles. The minimum Gasteiger partial charge on any atom is -0.436 e. The van der Waals surface area contributed by atoms with Crippen molar-refractivity contribution in [1.29, 1.82) is 0 Å². The molecule has 0 radical (unpaired) electrons. The Kier molecular flexibility index (Phi) is 5.51. The number of hydrogen-bond donors (Lipinski definition) is 0. The van der Waals surface area contributed by atoms with E-state index in [2.05, 4.69) is 29.7 Å². The molecular formula is C25H36N2O4. The second kappa shape index (κ2) is 8.05. The van der Waals surface area contributed by atoms with Gasteiger partial charge in [0.25, 0.3) is 0 Å². The molecule has 5 aliphatic rings. The number of rotatable bonds is 4. The maximum atomic E-state index is 13.2. The van der Waals surface area contributed by atoms with Crippen molar-refractivity contribution in [3.8, 4) is 0 Å². The van der Waals surface area contributed by atoms with Gasteiger partial charge >= 0.3 is 6.09 Å². The Bertz CT molecular complexity index is 790. The third kappa shape index (κ3) is 3.13. The molecule has 6 nitrogen and oxygen atoms in total. The number of piperidine rings is 1. The van der Waals surface area contributed by atoms with Crippen LogP contribution in [0.2, 0.25) is 0 Å². The summed E-state index contributed by atoms with van der Waals surface area (Å²) in [5.74, 6) is 0.314. The highest BCUT2D eigenvalue weighted by atomic mass is 16.7. The Morgan fingerprint density at radius 2 is 2.03 bits per heavy atom. The second-order valence-corrected chi connectivity index (χ2v) is 9.94. The molecule has 31 heavy (non-hydrogen) atoms. The van der Waals surface area contributed by atoms with Gasteiger partial charge in [0.05, 0.1) is 12.1 Å². The fourth-order valence-electron chi connectivity index (χ4n) is 7.37. The second-order valence-electron chi connectivity index (χ2n) is 9.94. The molecular weight excluding hydrogens is 392 g/mol. The van der Waals surface area contributed by atoms with Gasteiger partial charge in [-0.2, -0.15) is 0 Å². The Balaban J connectivity index is 1.68. The van der Waals surface area contributed by atoms with E-state index in [4.69, 9.17) is 14.2 Å². The van der Waals surface area contributed by atoms with Crippen molar-refractivity contribution in [2.24, 2.45) is 11.3 Å². The fourth-order valence-corrected chi connectivity index (χ4v) is 7.37. The molecule has 6 atom stereocenters. The number of hydrogen-bond acceptors (Lipinski definition) is 5. The van der Waals surface area contributed by atoms with Crippen LogP contribution >= 0.6 is 0 Å². The smallest absolute Gasteiger partial charge is 0.411 e. The molecule has 1 unspecified atom stereocenters. The number of amides is 1. The van der Waals surface area contributed by atoms with Crippen LogP contribution in [0.3, 0.4) is 0 Å². The zero-order chi connectivity index (χ0) is 21.6. The van der Waals surface area contributed by atoms with E-state index in [1.807, 2.05) is 11.0 Å². The summed E-state index contributed by atoms with van der Waals surface area (Å²) in [5.41, 5.74) is 0.455. The summed E-state index contributed by atoms with van der Waals surface area (Å²) in [6.07, 6.45) is 15.4. The molecule has 4 aliphatic heterocycles. The summed E-state index contributed by atoms with van der Waals surface area (Å²) in [5, 5.41) is 0. The van der Waals surface area contributed by atoms with Gasteiger partial charge in [0.15, 0.2) is 11.9 Å². The van der Waals surface area contributed by atoms with E-state index in [0.717, 1.165) is 51.7 Å². The third-order valence-corrected chi connectivity index (χ3v) is 8.42. The van der Waals surface area contributed by atoms with E-state index < -0.39 is 11.9 Å². The highest BCUT2D eigenvalue weighted by molar-refractivity contribution is 5.75. The van der Waals surface area contributed by atoms with Crippen LogP contribution in [0.5, 0.6) is 0 Å². The van der Waals surface area contributed by atoms with E-state index >= 15 is 0 Å². The molecule has 3 bridgehead atoms. The maximum Gasteiger partial charge on any atom is 0.411 e. The predicted octanol–water partition coefficient (Wildman–Crippen LogP) is 3.89. The maximum absolute atomic E-state index is 13.2. The molecule has 0 aromatic carbocycles. The topological polar surface area (TPSA) is 51.2 Å². The quantitative estimate of drug-likeness (QED) is 0.502. The molecule has 3 fully saturated rings. The summed E-state index contributed by atoms with van der Waals surface area (Å²) in [6, 6.07) is 0.0529. The zero-order valence-electron chi connectivity index (χ0n) is 18.9. The standard InChI is InChI=1S/C25H36N2O4/c1-4-18-15-24-17-26-13-10-8-6-5-7-9-12-25(22(24)27(18)23(28)31-25)16-19(20(24)11-14-26)21(29-2)30-3/h4-5,7,16,18,20-22H,1,6,8-15,17H2,2-3H3/b7-5+/t18-,20-,22+,24-,25-/m0/s1. The number of ether oxygens (including phenoxy) is 3. The molecule has 0 N–H and O–H groups in total. The molecule has 5 rings (SSSR count). The first-order valence-electron chi connectivity index (χ1n) is 11.9. The van der Waals surface area contributed by atoms with Crippen LogP contribution in [0.4, 0.5) is 4.79 Å². The van der Waals surface area contributed by atoms with E-state index in [9.17, 15) is 4.79 Å². The van der Waals surface area contributed by atoms with Crippen molar-refractivity contribution < 1.29 is 19.0 Å².